The van der Waals surface area contributed by atoms with Gasteiger partial charge in [0.1, 0.15) is 0 Å². The van der Waals surface area contributed by atoms with E-state index in [4.69, 9.17) is 8.85 Å². The summed E-state index contributed by atoms with van der Waals surface area (Å²) in [5.41, 5.74) is 0. The Hall–Kier alpha value is 0.387. The van der Waals surface area contributed by atoms with E-state index in [1.165, 1.54) is 122 Å². The van der Waals surface area contributed by atoms with Crippen LogP contribution < -0.4 is 17.0 Å². The van der Waals surface area contributed by atoms with Gasteiger partial charge in [-0.1, -0.05) is 104 Å². The standard InChI is InChI=1S/C23H51NO2Si.ClH/c1-5-7-8-9-10-11-12-13-14-15-16-17-18-19-20-21-23-24(22-6-2)27(25-3)26-4;/h27H,5-23H2,1-4H3;1H. The number of halogens is 1. The highest BCUT2D eigenvalue weighted by molar-refractivity contribution is 6.33. The molecule has 0 saturated heterocycles. The molecule has 0 aliphatic rings. The highest BCUT2D eigenvalue weighted by Gasteiger charge is 2.26. The van der Waals surface area contributed by atoms with E-state index in [2.05, 4.69) is 13.8 Å². The van der Waals surface area contributed by atoms with Crippen LogP contribution in [0.1, 0.15) is 123 Å². The van der Waals surface area contributed by atoms with E-state index in [1.54, 1.807) is 4.57 Å². The summed E-state index contributed by atoms with van der Waals surface area (Å²) < 4.78 is 12.7. The highest BCUT2D eigenvalue weighted by Crippen LogP contribution is 2.13. The van der Waals surface area contributed by atoms with Crippen LogP contribution in [0.4, 0.5) is 0 Å². The Morgan fingerprint density at radius 3 is 1.18 bits per heavy atom. The summed E-state index contributed by atoms with van der Waals surface area (Å²) in [6.07, 6.45) is 24.1. The van der Waals surface area contributed by atoms with Crippen molar-refractivity contribution in [1.29, 1.82) is 0 Å². The molecule has 0 heterocycles. The summed E-state index contributed by atoms with van der Waals surface area (Å²) in [5, 5.41) is 0. The molecule has 0 rings (SSSR count). The first-order valence-corrected chi connectivity index (χ1v) is 13.7. The van der Waals surface area contributed by atoms with Gasteiger partial charge in [-0.3, -0.25) is 0 Å². The molecule has 0 radical (unpaired) electrons. The van der Waals surface area contributed by atoms with E-state index < -0.39 is 9.45 Å². The Balaban J connectivity index is 0. The Bertz CT molecular complexity index is 281. The van der Waals surface area contributed by atoms with Crippen LogP contribution in [0.15, 0.2) is 0 Å². The van der Waals surface area contributed by atoms with Gasteiger partial charge in [0.15, 0.2) is 0 Å². The van der Waals surface area contributed by atoms with Crippen LogP contribution in [-0.2, 0) is 8.85 Å². The fourth-order valence-electron chi connectivity index (χ4n) is 4.01. The maximum atomic E-state index is 5.57. The molecule has 0 fully saturated rings. The molecule has 1 N–H and O–H groups in total. The molecule has 0 aromatic heterocycles. The largest absolute Gasteiger partial charge is 1.00 e. The fraction of sp³-hybridized carbons (Fsp3) is 1.00. The zero-order valence-corrected chi connectivity index (χ0v) is 21.6. The lowest BCUT2D eigenvalue weighted by Gasteiger charge is -2.23. The minimum absolute atomic E-state index is 0. The quantitative estimate of drug-likeness (QED) is 0.208. The summed E-state index contributed by atoms with van der Waals surface area (Å²) in [7, 11) is 2.12. The number of hydrogen-bond donors (Lipinski definition) is 1. The third kappa shape index (κ3) is 19.7. The maximum absolute atomic E-state index is 5.57. The van der Waals surface area contributed by atoms with E-state index >= 15 is 0 Å². The molecule has 3 nitrogen and oxygen atoms in total. The maximum Gasteiger partial charge on any atom is 0.585 e. The molecular formula is C23H52ClNO2Si. The van der Waals surface area contributed by atoms with Crippen molar-refractivity contribution in [2.45, 2.75) is 123 Å². The highest BCUT2D eigenvalue weighted by atomic mass is 35.5. The Morgan fingerprint density at radius 2 is 0.857 bits per heavy atom. The van der Waals surface area contributed by atoms with Crippen LogP contribution >= 0.6 is 0 Å². The zero-order valence-electron chi connectivity index (χ0n) is 19.7. The summed E-state index contributed by atoms with van der Waals surface area (Å²) in [6.45, 7) is 6.97. The Kier molecular flexibility index (Phi) is 27.8. The van der Waals surface area contributed by atoms with Gasteiger partial charge < -0.3 is 25.8 Å². The molecule has 28 heavy (non-hydrogen) atoms. The first-order valence-electron chi connectivity index (χ1n) is 12.2. The average molecular weight is 438 g/mol. The topological polar surface area (TPSA) is 22.9 Å². The molecule has 172 valence electrons. The minimum atomic E-state index is -1.50. The predicted molar refractivity (Wildman–Crippen MR) is 122 cm³/mol. The van der Waals surface area contributed by atoms with Crippen LogP contribution in [0.2, 0.25) is 0 Å². The van der Waals surface area contributed by atoms with Gasteiger partial charge in [0.25, 0.3) is 0 Å². The van der Waals surface area contributed by atoms with Crippen molar-refractivity contribution < 1.29 is 25.8 Å². The lowest BCUT2D eigenvalue weighted by molar-refractivity contribution is -0.807. The van der Waals surface area contributed by atoms with Crippen molar-refractivity contribution in [2.24, 2.45) is 0 Å². The molecule has 1 unspecified atom stereocenters. The number of hydrogen-bond acceptors (Lipinski definition) is 2. The molecular weight excluding hydrogens is 386 g/mol. The third-order valence-electron chi connectivity index (χ3n) is 5.68. The molecule has 5 heteroatoms. The van der Waals surface area contributed by atoms with Crippen LogP contribution in [0.3, 0.4) is 0 Å². The number of quaternary nitrogens is 1. The second kappa shape index (κ2) is 25.4. The number of rotatable bonds is 22. The lowest BCUT2D eigenvalue weighted by Crippen LogP contribution is -3.18. The van der Waals surface area contributed by atoms with E-state index in [9.17, 15) is 0 Å². The van der Waals surface area contributed by atoms with Crippen molar-refractivity contribution in [3.05, 3.63) is 0 Å². The van der Waals surface area contributed by atoms with E-state index in [0.717, 1.165) is 0 Å². The summed E-state index contributed by atoms with van der Waals surface area (Å²) in [5.74, 6) is 0. The molecule has 0 aliphatic heterocycles. The SMILES string of the molecule is CCCCCCCCCCCCCCCCCC[NH+](CCC)[SiH](OC)OC.[Cl-]. The van der Waals surface area contributed by atoms with Crippen molar-refractivity contribution in [1.82, 2.24) is 0 Å². The molecule has 0 spiro atoms. The van der Waals surface area contributed by atoms with Gasteiger partial charge in [0.2, 0.25) is 0 Å². The Labute approximate surface area is 185 Å². The summed E-state index contributed by atoms with van der Waals surface area (Å²) >= 11 is 0. The second-order valence-electron chi connectivity index (χ2n) is 8.26. The van der Waals surface area contributed by atoms with Gasteiger partial charge in [-0.2, -0.15) is 0 Å². The normalized spacial score (nSPS) is 12.3. The van der Waals surface area contributed by atoms with Gasteiger partial charge in [-0.05, 0) is 19.3 Å². The van der Waals surface area contributed by atoms with Gasteiger partial charge in [0, 0.05) is 14.2 Å². The van der Waals surface area contributed by atoms with Crippen molar-refractivity contribution >= 4 is 9.45 Å². The summed E-state index contributed by atoms with van der Waals surface area (Å²) in [4.78, 5) is 0. The molecule has 0 saturated carbocycles. The van der Waals surface area contributed by atoms with Gasteiger partial charge in [-0.15, -0.1) is 0 Å². The van der Waals surface area contributed by atoms with Crippen LogP contribution in [0, 0.1) is 0 Å². The summed E-state index contributed by atoms with van der Waals surface area (Å²) in [6, 6.07) is 0. The Morgan fingerprint density at radius 1 is 0.500 bits per heavy atom. The van der Waals surface area contributed by atoms with E-state index in [1.807, 2.05) is 14.2 Å². The molecule has 0 aromatic rings. The average Bonchev–Trinajstić information content (AvgIpc) is 2.68. The molecule has 1 atom stereocenters. The first-order chi connectivity index (χ1) is 13.3. The van der Waals surface area contributed by atoms with Gasteiger partial charge >= 0.3 is 9.45 Å². The lowest BCUT2D eigenvalue weighted by atomic mass is 10.0. The van der Waals surface area contributed by atoms with E-state index in [-0.39, 0.29) is 12.4 Å². The van der Waals surface area contributed by atoms with Crippen LogP contribution in [-0.4, -0.2) is 36.8 Å². The van der Waals surface area contributed by atoms with Crippen molar-refractivity contribution in [3.8, 4) is 0 Å². The predicted octanol–water partition coefficient (Wildman–Crippen LogP) is 2.56. The molecule has 0 amide bonds. The minimum Gasteiger partial charge on any atom is -1.00 e. The van der Waals surface area contributed by atoms with E-state index in [0.29, 0.717) is 0 Å². The third-order valence-corrected chi connectivity index (χ3v) is 7.78. The monoisotopic (exact) mass is 437 g/mol. The molecule has 0 aromatic carbocycles. The van der Waals surface area contributed by atoms with Gasteiger partial charge in [0.05, 0.1) is 13.1 Å². The number of unbranched alkanes of at least 4 members (excludes halogenated alkanes) is 15. The molecule has 0 bridgehead atoms. The van der Waals surface area contributed by atoms with Crippen LogP contribution in [0.5, 0.6) is 0 Å². The zero-order chi connectivity index (χ0) is 20.0. The molecule has 0 aliphatic carbocycles. The fourth-order valence-corrected chi connectivity index (χ4v) is 5.83. The van der Waals surface area contributed by atoms with Crippen molar-refractivity contribution in [2.75, 3.05) is 27.3 Å². The smallest absolute Gasteiger partial charge is 0.585 e. The van der Waals surface area contributed by atoms with Crippen LogP contribution in [0.25, 0.3) is 0 Å². The number of nitrogens with one attached hydrogen (secondary N) is 1. The van der Waals surface area contributed by atoms with Crippen molar-refractivity contribution in [3.63, 3.8) is 0 Å². The second-order valence-corrected chi connectivity index (χ2v) is 10.7. The van der Waals surface area contributed by atoms with Gasteiger partial charge in [-0.25, -0.2) is 0 Å². The first kappa shape index (κ1) is 30.6.